The van der Waals surface area contributed by atoms with E-state index in [1.807, 2.05) is 0 Å². The lowest BCUT2D eigenvalue weighted by Crippen LogP contribution is -2.36. The molecule has 0 unspecified atom stereocenters. The highest BCUT2D eigenvalue weighted by atomic mass is 16.5. The first-order valence-electron chi connectivity index (χ1n) is 7.41. The van der Waals surface area contributed by atoms with Gasteiger partial charge in [0.15, 0.2) is 6.61 Å². The van der Waals surface area contributed by atoms with Crippen molar-refractivity contribution in [2.45, 2.75) is 45.6 Å². The third-order valence-electron chi connectivity index (χ3n) is 3.98. The van der Waals surface area contributed by atoms with Gasteiger partial charge in [-0.3, -0.25) is 14.3 Å². The molecule has 1 aromatic rings. The van der Waals surface area contributed by atoms with Gasteiger partial charge in [-0.1, -0.05) is 12.8 Å². The summed E-state index contributed by atoms with van der Waals surface area (Å²) in [4.78, 5) is 35.6. The number of rotatable bonds is 5. The number of aryl methyl sites for hydroxylation is 2. The lowest BCUT2D eigenvalue weighted by atomic mass is 10.1. The van der Waals surface area contributed by atoms with Crippen molar-refractivity contribution in [1.82, 2.24) is 15.1 Å². The number of aromatic nitrogens is 2. The highest BCUT2D eigenvalue weighted by molar-refractivity contribution is 6.41. The molecule has 1 fully saturated rings. The largest absolute Gasteiger partial charge is 0.450 e. The molecule has 0 saturated heterocycles. The molecule has 120 valence electrons. The number of ketones is 1. The normalized spacial score (nSPS) is 14.9. The zero-order chi connectivity index (χ0) is 16.3. The van der Waals surface area contributed by atoms with Gasteiger partial charge in [0, 0.05) is 18.8 Å². The van der Waals surface area contributed by atoms with E-state index >= 15 is 0 Å². The summed E-state index contributed by atoms with van der Waals surface area (Å²) in [6.45, 7) is 2.92. The minimum absolute atomic E-state index is 0.157. The van der Waals surface area contributed by atoms with E-state index in [-0.39, 0.29) is 17.5 Å². The lowest BCUT2D eigenvalue weighted by Gasteiger charge is -2.11. The van der Waals surface area contributed by atoms with Crippen molar-refractivity contribution >= 4 is 17.7 Å². The molecule has 0 atom stereocenters. The van der Waals surface area contributed by atoms with Crippen LogP contribution in [0.2, 0.25) is 0 Å². The molecule has 1 amide bonds. The van der Waals surface area contributed by atoms with E-state index in [9.17, 15) is 14.4 Å². The Morgan fingerprint density at radius 2 is 1.91 bits per heavy atom. The Hall–Kier alpha value is -2.18. The molecule has 0 radical (unpaired) electrons. The van der Waals surface area contributed by atoms with Gasteiger partial charge in [-0.15, -0.1) is 0 Å². The molecule has 0 aromatic carbocycles. The number of carbonyl (C=O) groups excluding carboxylic acids is 3. The summed E-state index contributed by atoms with van der Waals surface area (Å²) in [5, 5.41) is 6.88. The van der Waals surface area contributed by atoms with Crippen LogP contribution in [0.1, 0.15) is 47.4 Å². The average molecular weight is 307 g/mol. The number of ether oxygens (including phenoxy) is 1. The van der Waals surface area contributed by atoms with Gasteiger partial charge < -0.3 is 10.1 Å². The van der Waals surface area contributed by atoms with Gasteiger partial charge in [-0.25, -0.2) is 4.79 Å². The Morgan fingerprint density at radius 1 is 1.27 bits per heavy atom. The average Bonchev–Trinajstić information content (AvgIpc) is 3.05. The van der Waals surface area contributed by atoms with Gasteiger partial charge in [0.2, 0.25) is 0 Å². The Bertz CT molecular complexity index is 600. The van der Waals surface area contributed by atoms with Crippen molar-refractivity contribution < 1.29 is 19.1 Å². The van der Waals surface area contributed by atoms with Crippen LogP contribution in [0.25, 0.3) is 0 Å². The van der Waals surface area contributed by atoms with Gasteiger partial charge in [0.05, 0.1) is 11.3 Å². The van der Waals surface area contributed by atoms with Crippen LogP contribution in [0, 0.1) is 13.8 Å². The number of Topliss-reactive ketones (excluding diaryl/α,β-unsaturated/α-hetero) is 1. The molecule has 0 spiro atoms. The minimum Gasteiger partial charge on any atom is -0.450 e. The topological polar surface area (TPSA) is 90.3 Å². The zero-order valence-corrected chi connectivity index (χ0v) is 13.1. The van der Waals surface area contributed by atoms with Crippen molar-refractivity contribution in [2.75, 3.05) is 6.61 Å². The molecule has 0 aliphatic heterocycles. The molecule has 1 aliphatic carbocycles. The standard InChI is InChI=1S/C15H21N3O4/c1-9-13(10(2)18(3)17-9)14(20)15(21)22-8-12(19)16-11-6-4-5-7-11/h11H,4-8H2,1-3H3,(H,16,19). The first kappa shape index (κ1) is 16.2. The van der Waals surface area contributed by atoms with Crippen LogP contribution in [0.15, 0.2) is 0 Å². The third kappa shape index (κ3) is 3.52. The summed E-state index contributed by atoms with van der Waals surface area (Å²) in [6.07, 6.45) is 4.10. The second-order valence-corrected chi connectivity index (χ2v) is 5.62. The molecule has 1 saturated carbocycles. The SMILES string of the molecule is Cc1nn(C)c(C)c1C(=O)C(=O)OCC(=O)NC1CCCC1. The molecule has 1 aliphatic rings. The summed E-state index contributed by atoms with van der Waals surface area (Å²) in [6, 6.07) is 0.157. The fourth-order valence-corrected chi connectivity index (χ4v) is 2.74. The second kappa shape index (κ2) is 6.72. The molecule has 7 nitrogen and oxygen atoms in total. The molecular formula is C15H21N3O4. The molecule has 2 rings (SSSR count). The van der Waals surface area contributed by atoms with Crippen LogP contribution >= 0.6 is 0 Å². The molecule has 7 heteroatoms. The van der Waals surface area contributed by atoms with E-state index in [1.165, 1.54) is 4.68 Å². The van der Waals surface area contributed by atoms with Crippen molar-refractivity contribution in [3.05, 3.63) is 17.0 Å². The van der Waals surface area contributed by atoms with Crippen molar-refractivity contribution in [3.8, 4) is 0 Å². The fourth-order valence-electron chi connectivity index (χ4n) is 2.74. The van der Waals surface area contributed by atoms with Crippen LogP contribution in [0.5, 0.6) is 0 Å². The molecule has 1 heterocycles. The summed E-state index contributed by atoms with van der Waals surface area (Å²) in [5.41, 5.74) is 1.30. The number of nitrogens with zero attached hydrogens (tertiary/aromatic N) is 2. The quantitative estimate of drug-likeness (QED) is 0.494. The smallest absolute Gasteiger partial charge is 0.380 e. The zero-order valence-electron chi connectivity index (χ0n) is 13.1. The lowest BCUT2D eigenvalue weighted by molar-refractivity contribution is -0.144. The first-order valence-corrected chi connectivity index (χ1v) is 7.41. The van der Waals surface area contributed by atoms with Crippen LogP contribution < -0.4 is 5.32 Å². The Balaban J connectivity index is 1.88. The highest BCUT2D eigenvalue weighted by Crippen LogP contribution is 2.17. The summed E-state index contributed by atoms with van der Waals surface area (Å²) in [5.74, 6) is -2.16. The number of esters is 1. The molecular weight excluding hydrogens is 286 g/mol. The number of carbonyl (C=O) groups is 3. The van der Waals surface area contributed by atoms with Crippen LogP contribution in [-0.4, -0.2) is 40.1 Å². The maximum atomic E-state index is 12.1. The van der Waals surface area contributed by atoms with Crippen LogP contribution in [0.4, 0.5) is 0 Å². The van der Waals surface area contributed by atoms with E-state index in [2.05, 4.69) is 10.4 Å². The van der Waals surface area contributed by atoms with E-state index in [4.69, 9.17) is 4.74 Å². The molecule has 0 bridgehead atoms. The monoisotopic (exact) mass is 307 g/mol. The predicted octanol–water partition coefficient (Wildman–Crippen LogP) is 0.822. The predicted molar refractivity (Wildman–Crippen MR) is 78.4 cm³/mol. The Kier molecular flexibility index (Phi) is 4.95. The van der Waals surface area contributed by atoms with Crippen molar-refractivity contribution in [2.24, 2.45) is 7.05 Å². The number of amides is 1. The van der Waals surface area contributed by atoms with Crippen molar-refractivity contribution in [3.63, 3.8) is 0 Å². The number of hydrogen-bond donors (Lipinski definition) is 1. The summed E-state index contributed by atoms with van der Waals surface area (Å²) in [7, 11) is 1.69. The second-order valence-electron chi connectivity index (χ2n) is 5.62. The van der Waals surface area contributed by atoms with E-state index in [0.717, 1.165) is 25.7 Å². The first-order chi connectivity index (χ1) is 10.4. The van der Waals surface area contributed by atoms with Crippen LogP contribution in [0.3, 0.4) is 0 Å². The Labute approximate surface area is 129 Å². The van der Waals surface area contributed by atoms with Gasteiger partial charge in [0.1, 0.15) is 0 Å². The van der Waals surface area contributed by atoms with E-state index in [1.54, 1.807) is 20.9 Å². The van der Waals surface area contributed by atoms with E-state index in [0.29, 0.717) is 11.4 Å². The van der Waals surface area contributed by atoms with Crippen molar-refractivity contribution in [1.29, 1.82) is 0 Å². The van der Waals surface area contributed by atoms with Gasteiger partial charge >= 0.3 is 5.97 Å². The minimum atomic E-state index is -1.03. The summed E-state index contributed by atoms with van der Waals surface area (Å²) < 4.78 is 6.34. The maximum Gasteiger partial charge on any atom is 0.380 e. The molecule has 1 aromatic heterocycles. The Morgan fingerprint density at radius 3 is 2.45 bits per heavy atom. The van der Waals surface area contributed by atoms with Gasteiger partial charge in [-0.05, 0) is 26.7 Å². The number of nitrogens with one attached hydrogen (secondary N) is 1. The molecule has 1 N–H and O–H groups in total. The summed E-state index contributed by atoms with van der Waals surface area (Å²) >= 11 is 0. The maximum absolute atomic E-state index is 12.1. The third-order valence-corrected chi connectivity index (χ3v) is 3.98. The van der Waals surface area contributed by atoms with Gasteiger partial charge in [-0.2, -0.15) is 5.10 Å². The number of hydrogen-bond acceptors (Lipinski definition) is 5. The van der Waals surface area contributed by atoms with E-state index < -0.39 is 18.4 Å². The molecule has 22 heavy (non-hydrogen) atoms. The highest BCUT2D eigenvalue weighted by Gasteiger charge is 2.26. The van der Waals surface area contributed by atoms with Gasteiger partial charge in [0.25, 0.3) is 11.7 Å². The van der Waals surface area contributed by atoms with Crippen LogP contribution in [-0.2, 0) is 21.4 Å². The fraction of sp³-hybridized carbons (Fsp3) is 0.600.